The van der Waals surface area contributed by atoms with Gasteiger partial charge in [0.05, 0.1) is 29.6 Å². The van der Waals surface area contributed by atoms with E-state index in [4.69, 9.17) is 4.74 Å². The van der Waals surface area contributed by atoms with Gasteiger partial charge in [0.15, 0.2) is 0 Å². The van der Waals surface area contributed by atoms with Crippen LogP contribution >= 0.6 is 0 Å². The Balaban J connectivity index is 1.71. The van der Waals surface area contributed by atoms with Gasteiger partial charge in [-0.1, -0.05) is 6.92 Å². The third-order valence-electron chi connectivity index (χ3n) is 4.71. The molecule has 0 saturated carbocycles. The summed E-state index contributed by atoms with van der Waals surface area (Å²) in [6.07, 6.45) is 5.27. The molecule has 0 bridgehead atoms. The highest BCUT2D eigenvalue weighted by Crippen LogP contribution is 2.24. The largest absolute Gasteiger partial charge is 0.494 e. The summed E-state index contributed by atoms with van der Waals surface area (Å²) in [7, 11) is -3.71. The second-order valence-electron chi connectivity index (χ2n) is 6.91. The first kappa shape index (κ1) is 19.4. The molecule has 1 saturated heterocycles. The molecule has 8 heteroatoms. The van der Waals surface area contributed by atoms with Gasteiger partial charge in [-0.05, 0) is 56.4 Å². The van der Waals surface area contributed by atoms with E-state index in [2.05, 4.69) is 26.5 Å². The summed E-state index contributed by atoms with van der Waals surface area (Å²) < 4.78 is 33.3. The van der Waals surface area contributed by atoms with Crippen molar-refractivity contribution in [1.82, 2.24) is 9.97 Å². The van der Waals surface area contributed by atoms with Crippen LogP contribution in [0.15, 0.2) is 35.5 Å². The zero-order valence-corrected chi connectivity index (χ0v) is 16.8. The van der Waals surface area contributed by atoms with Crippen molar-refractivity contribution in [3.8, 4) is 5.75 Å². The minimum Gasteiger partial charge on any atom is -0.494 e. The van der Waals surface area contributed by atoms with Crippen molar-refractivity contribution in [2.24, 2.45) is 5.92 Å². The van der Waals surface area contributed by atoms with E-state index < -0.39 is 10.0 Å². The zero-order valence-electron chi connectivity index (χ0n) is 16.0. The molecule has 0 radical (unpaired) electrons. The standard InChI is InChI=1S/C19H26N4O3S/c1-4-26-18-6-5-17(11-15(18)3)27(24,25)22-16-12-20-19(21-13-16)23-9-7-14(2)8-10-23/h5-6,11-14,22H,4,7-10H2,1-3H3. The van der Waals surface area contributed by atoms with Gasteiger partial charge in [0, 0.05) is 13.1 Å². The molecule has 0 spiro atoms. The second-order valence-corrected chi connectivity index (χ2v) is 8.59. The first-order valence-corrected chi connectivity index (χ1v) is 10.7. The van der Waals surface area contributed by atoms with Crippen LogP contribution in [0.5, 0.6) is 5.75 Å². The Morgan fingerprint density at radius 1 is 1.22 bits per heavy atom. The van der Waals surface area contributed by atoms with E-state index in [1.165, 1.54) is 18.5 Å². The Bertz CT molecular complexity index is 876. The lowest BCUT2D eigenvalue weighted by Gasteiger charge is -2.30. The summed E-state index contributed by atoms with van der Waals surface area (Å²) in [6, 6.07) is 4.80. The van der Waals surface area contributed by atoms with Gasteiger partial charge in [-0.2, -0.15) is 0 Å². The van der Waals surface area contributed by atoms with Gasteiger partial charge in [-0.3, -0.25) is 4.72 Å². The lowest BCUT2D eigenvalue weighted by Crippen LogP contribution is -2.34. The van der Waals surface area contributed by atoms with E-state index in [1.807, 2.05) is 13.8 Å². The van der Waals surface area contributed by atoms with Gasteiger partial charge in [0.25, 0.3) is 10.0 Å². The number of ether oxygens (including phenoxy) is 1. The fraction of sp³-hybridized carbons (Fsp3) is 0.474. The quantitative estimate of drug-likeness (QED) is 0.815. The van der Waals surface area contributed by atoms with Gasteiger partial charge in [0.1, 0.15) is 5.75 Å². The maximum absolute atomic E-state index is 12.6. The summed E-state index contributed by atoms with van der Waals surface area (Å²) in [5, 5.41) is 0. The van der Waals surface area contributed by atoms with Crippen LogP contribution in [0.1, 0.15) is 32.3 Å². The summed E-state index contributed by atoms with van der Waals surface area (Å²) in [4.78, 5) is 11.0. The Hall–Kier alpha value is -2.35. The van der Waals surface area contributed by atoms with Crippen molar-refractivity contribution < 1.29 is 13.2 Å². The number of hydrogen-bond acceptors (Lipinski definition) is 6. The molecule has 1 aliphatic rings. The van der Waals surface area contributed by atoms with Crippen LogP contribution in [0.3, 0.4) is 0 Å². The molecule has 1 aromatic carbocycles. The number of aryl methyl sites for hydroxylation is 1. The van der Waals surface area contributed by atoms with Gasteiger partial charge < -0.3 is 9.64 Å². The van der Waals surface area contributed by atoms with Crippen LogP contribution in [-0.4, -0.2) is 38.1 Å². The Labute approximate surface area is 160 Å². The van der Waals surface area contributed by atoms with Crippen molar-refractivity contribution in [2.45, 2.75) is 38.5 Å². The predicted molar refractivity (Wildman–Crippen MR) is 106 cm³/mol. The molecule has 146 valence electrons. The second kappa shape index (κ2) is 8.12. The number of nitrogens with one attached hydrogen (secondary N) is 1. The fourth-order valence-corrected chi connectivity index (χ4v) is 4.18. The topological polar surface area (TPSA) is 84.4 Å². The van der Waals surface area contributed by atoms with E-state index >= 15 is 0 Å². The zero-order chi connectivity index (χ0) is 19.4. The van der Waals surface area contributed by atoms with Gasteiger partial charge in [-0.15, -0.1) is 0 Å². The molecule has 0 unspecified atom stereocenters. The molecular weight excluding hydrogens is 364 g/mol. The number of benzene rings is 1. The van der Waals surface area contributed by atoms with Gasteiger partial charge >= 0.3 is 0 Å². The van der Waals surface area contributed by atoms with Crippen LogP contribution in [0, 0.1) is 12.8 Å². The van der Waals surface area contributed by atoms with Crippen LogP contribution in [0.25, 0.3) is 0 Å². The number of piperidine rings is 1. The lowest BCUT2D eigenvalue weighted by molar-refractivity contribution is 0.337. The predicted octanol–water partition coefficient (Wildman–Crippen LogP) is 3.22. The summed E-state index contributed by atoms with van der Waals surface area (Å²) in [5.41, 5.74) is 1.11. The third-order valence-corrected chi connectivity index (χ3v) is 6.09. The highest BCUT2D eigenvalue weighted by molar-refractivity contribution is 7.92. The minimum absolute atomic E-state index is 0.178. The maximum atomic E-state index is 12.6. The maximum Gasteiger partial charge on any atom is 0.262 e. The number of aromatic nitrogens is 2. The smallest absolute Gasteiger partial charge is 0.262 e. The summed E-state index contributed by atoms with van der Waals surface area (Å²) >= 11 is 0. The first-order valence-electron chi connectivity index (χ1n) is 9.22. The summed E-state index contributed by atoms with van der Waals surface area (Å²) in [6.45, 7) is 8.35. The van der Waals surface area contributed by atoms with Crippen molar-refractivity contribution in [3.05, 3.63) is 36.2 Å². The molecule has 1 aliphatic heterocycles. The molecule has 1 fully saturated rings. The van der Waals surface area contributed by atoms with Crippen molar-refractivity contribution in [1.29, 1.82) is 0 Å². The molecule has 0 amide bonds. The van der Waals surface area contributed by atoms with Crippen LogP contribution in [0.4, 0.5) is 11.6 Å². The third kappa shape index (κ3) is 4.68. The number of sulfonamides is 1. The molecule has 3 rings (SSSR count). The average molecular weight is 391 g/mol. The van der Waals surface area contributed by atoms with Crippen LogP contribution in [0.2, 0.25) is 0 Å². The molecule has 1 aromatic heterocycles. The van der Waals surface area contributed by atoms with E-state index in [0.717, 1.165) is 37.4 Å². The number of hydrogen-bond donors (Lipinski definition) is 1. The molecule has 2 aromatic rings. The molecule has 0 atom stereocenters. The SMILES string of the molecule is CCOc1ccc(S(=O)(=O)Nc2cnc(N3CCC(C)CC3)nc2)cc1C. The molecule has 2 heterocycles. The van der Waals surface area contributed by atoms with Crippen molar-refractivity contribution >= 4 is 21.7 Å². The fourth-order valence-electron chi connectivity index (χ4n) is 3.07. The monoisotopic (exact) mass is 390 g/mol. The van der Waals surface area contributed by atoms with Crippen molar-refractivity contribution in [2.75, 3.05) is 29.3 Å². The molecule has 7 nitrogen and oxygen atoms in total. The first-order chi connectivity index (χ1) is 12.9. The van der Waals surface area contributed by atoms with Crippen LogP contribution < -0.4 is 14.4 Å². The Kier molecular flexibility index (Phi) is 5.84. The van der Waals surface area contributed by atoms with Crippen LogP contribution in [-0.2, 0) is 10.0 Å². The molecular formula is C19H26N4O3S. The number of anilines is 2. The minimum atomic E-state index is -3.71. The normalized spacial score (nSPS) is 15.6. The molecule has 1 N–H and O–H groups in total. The van der Waals surface area contributed by atoms with Gasteiger partial charge in [0.2, 0.25) is 5.95 Å². The van der Waals surface area contributed by atoms with E-state index in [1.54, 1.807) is 12.1 Å². The molecule has 0 aliphatic carbocycles. The highest BCUT2D eigenvalue weighted by atomic mass is 32.2. The van der Waals surface area contributed by atoms with E-state index in [-0.39, 0.29) is 4.90 Å². The molecule has 27 heavy (non-hydrogen) atoms. The van der Waals surface area contributed by atoms with E-state index in [0.29, 0.717) is 24.0 Å². The van der Waals surface area contributed by atoms with Crippen molar-refractivity contribution in [3.63, 3.8) is 0 Å². The summed E-state index contributed by atoms with van der Waals surface area (Å²) in [5.74, 6) is 2.05. The van der Waals surface area contributed by atoms with E-state index in [9.17, 15) is 8.42 Å². The lowest BCUT2D eigenvalue weighted by atomic mass is 10.00. The highest BCUT2D eigenvalue weighted by Gasteiger charge is 2.19. The average Bonchev–Trinajstić information content (AvgIpc) is 2.64. The number of nitrogens with zero attached hydrogens (tertiary/aromatic N) is 3. The van der Waals surface area contributed by atoms with Gasteiger partial charge in [-0.25, -0.2) is 18.4 Å². The Morgan fingerprint density at radius 3 is 2.48 bits per heavy atom. The number of rotatable bonds is 6. The Morgan fingerprint density at radius 2 is 1.89 bits per heavy atom.